The summed E-state index contributed by atoms with van der Waals surface area (Å²) in [6.07, 6.45) is 0.152. The molecule has 0 aliphatic rings. The van der Waals surface area contributed by atoms with Gasteiger partial charge in [0, 0.05) is 12.5 Å². The van der Waals surface area contributed by atoms with Gasteiger partial charge >= 0.3 is 0 Å². The number of hydrogen-bond donors (Lipinski definition) is 3. The third kappa shape index (κ3) is 2.32. The highest BCUT2D eigenvalue weighted by molar-refractivity contribution is 6.03. The molecule has 0 heterocycles. The van der Waals surface area contributed by atoms with E-state index in [4.69, 9.17) is 0 Å². The van der Waals surface area contributed by atoms with E-state index in [9.17, 15) is 20.1 Å². The Labute approximate surface area is 106 Å². The summed E-state index contributed by atoms with van der Waals surface area (Å²) in [6, 6.07) is 1.06. The number of carbonyl (C=O) groups is 1. The lowest BCUT2D eigenvalue weighted by Gasteiger charge is -2.16. The molecule has 4 heteroatoms. The maximum Gasteiger partial charge on any atom is 0.170 e. The van der Waals surface area contributed by atoms with Gasteiger partial charge in [-0.1, -0.05) is 27.4 Å². The van der Waals surface area contributed by atoms with Crippen LogP contribution in [0, 0.1) is 5.92 Å². The zero-order valence-corrected chi connectivity index (χ0v) is 10.8. The van der Waals surface area contributed by atoms with E-state index in [0.29, 0.717) is 5.57 Å². The van der Waals surface area contributed by atoms with Crippen molar-refractivity contribution >= 4 is 11.4 Å². The quantitative estimate of drug-likeness (QED) is 0.718. The molecule has 0 amide bonds. The van der Waals surface area contributed by atoms with E-state index in [0.717, 1.165) is 6.07 Å². The smallest absolute Gasteiger partial charge is 0.170 e. The van der Waals surface area contributed by atoms with E-state index in [1.54, 1.807) is 6.92 Å². The Morgan fingerprint density at radius 2 is 1.72 bits per heavy atom. The summed E-state index contributed by atoms with van der Waals surface area (Å²) < 4.78 is 0. The zero-order valence-electron chi connectivity index (χ0n) is 10.8. The minimum Gasteiger partial charge on any atom is -0.507 e. The standard InChI is InChI=1S/C14H18O4/c1-5-9(15)13-11(17)6-10(16)12(14(13)18)8(4)7(2)3/h6-7,16-18H,4-5H2,1-3H3. The summed E-state index contributed by atoms with van der Waals surface area (Å²) in [6.45, 7) is 9.13. The molecule has 4 nitrogen and oxygen atoms in total. The van der Waals surface area contributed by atoms with Gasteiger partial charge in [0.2, 0.25) is 0 Å². The van der Waals surface area contributed by atoms with Crippen molar-refractivity contribution in [3.63, 3.8) is 0 Å². The number of allylic oxidation sites excluding steroid dienone is 1. The molecular formula is C14H18O4. The maximum atomic E-state index is 11.7. The van der Waals surface area contributed by atoms with E-state index in [2.05, 4.69) is 6.58 Å². The minimum atomic E-state index is -0.419. The molecule has 0 aliphatic carbocycles. The summed E-state index contributed by atoms with van der Waals surface area (Å²) >= 11 is 0. The van der Waals surface area contributed by atoms with Gasteiger partial charge in [-0.15, -0.1) is 0 Å². The molecule has 0 aromatic heterocycles. The van der Waals surface area contributed by atoms with Crippen LogP contribution in [-0.4, -0.2) is 21.1 Å². The lowest BCUT2D eigenvalue weighted by molar-refractivity contribution is 0.0982. The zero-order chi connectivity index (χ0) is 14.0. The predicted molar refractivity (Wildman–Crippen MR) is 69.9 cm³/mol. The Hall–Kier alpha value is -1.97. The van der Waals surface area contributed by atoms with Gasteiger partial charge in [-0.05, 0) is 11.5 Å². The fraction of sp³-hybridized carbons (Fsp3) is 0.357. The van der Waals surface area contributed by atoms with Crippen molar-refractivity contribution in [3.05, 3.63) is 23.8 Å². The van der Waals surface area contributed by atoms with Gasteiger partial charge < -0.3 is 15.3 Å². The first-order valence-corrected chi connectivity index (χ1v) is 5.81. The molecule has 0 saturated carbocycles. The second-order valence-electron chi connectivity index (χ2n) is 4.47. The number of aromatic hydroxyl groups is 3. The van der Waals surface area contributed by atoms with Crippen molar-refractivity contribution in [2.75, 3.05) is 0 Å². The van der Waals surface area contributed by atoms with Gasteiger partial charge in [-0.3, -0.25) is 4.79 Å². The van der Waals surface area contributed by atoms with Crippen LogP contribution in [0.25, 0.3) is 5.57 Å². The number of carbonyl (C=O) groups excluding carboxylic acids is 1. The first kappa shape index (κ1) is 14.1. The first-order chi connectivity index (χ1) is 8.31. The van der Waals surface area contributed by atoms with Crippen LogP contribution in [0.3, 0.4) is 0 Å². The van der Waals surface area contributed by atoms with Crippen molar-refractivity contribution < 1.29 is 20.1 Å². The van der Waals surface area contributed by atoms with Crippen molar-refractivity contribution in [2.45, 2.75) is 27.2 Å². The Morgan fingerprint density at radius 3 is 2.17 bits per heavy atom. The third-order valence-electron chi connectivity index (χ3n) is 2.88. The average molecular weight is 250 g/mol. The largest absolute Gasteiger partial charge is 0.507 e. The second-order valence-corrected chi connectivity index (χ2v) is 4.47. The van der Waals surface area contributed by atoms with Crippen LogP contribution in [-0.2, 0) is 0 Å². The molecular weight excluding hydrogens is 232 g/mol. The van der Waals surface area contributed by atoms with E-state index < -0.39 is 11.5 Å². The maximum absolute atomic E-state index is 11.7. The lowest BCUT2D eigenvalue weighted by Crippen LogP contribution is -2.02. The van der Waals surface area contributed by atoms with E-state index in [-0.39, 0.29) is 35.0 Å². The molecule has 98 valence electrons. The van der Waals surface area contributed by atoms with Crippen LogP contribution in [0.4, 0.5) is 0 Å². The third-order valence-corrected chi connectivity index (χ3v) is 2.88. The Bertz CT molecular complexity index is 501. The predicted octanol–water partition coefficient (Wildman–Crippen LogP) is 3.07. The number of Topliss-reactive ketones (excluding diaryl/α,β-unsaturated/α-hetero) is 1. The number of phenolic OH excluding ortho intramolecular Hbond substituents is 3. The highest BCUT2D eigenvalue weighted by Gasteiger charge is 2.23. The second kappa shape index (κ2) is 5.12. The SMILES string of the molecule is C=C(c1c(O)cc(O)c(C(=O)CC)c1O)C(C)C. The van der Waals surface area contributed by atoms with Crippen LogP contribution in [0.15, 0.2) is 12.6 Å². The van der Waals surface area contributed by atoms with Crippen LogP contribution in [0.1, 0.15) is 43.1 Å². The topological polar surface area (TPSA) is 77.8 Å². The van der Waals surface area contributed by atoms with Gasteiger partial charge in [-0.25, -0.2) is 0 Å². The van der Waals surface area contributed by atoms with Gasteiger partial charge in [0.15, 0.2) is 5.78 Å². The number of hydrogen-bond acceptors (Lipinski definition) is 4. The fourth-order valence-corrected chi connectivity index (χ4v) is 1.70. The average Bonchev–Trinajstić information content (AvgIpc) is 2.27. The van der Waals surface area contributed by atoms with Crippen molar-refractivity contribution in [2.24, 2.45) is 5.92 Å². The monoisotopic (exact) mass is 250 g/mol. The molecule has 1 aromatic rings. The molecule has 0 atom stereocenters. The van der Waals surface area contributed by atoms with Crippen molar-refractivity contribution in [1.82, 2.24) is 0 Å². The number of rotatable bonds is 4. The summed E-state index contributed by atoms with van der Waals surface area (Å²) in [5.41, 5.74) is 0.474. The minimum absolute atomic E-state index is 0.00378. The van der Waals surface area contributed by atoms with E-state index >= 15 is 0 Å². The van der Waals surface area contributed by atoms with Crippen LogP contribution in [0.2, 0.25) is 0 Å². The molecule has 0 unspecified atom stereocenters. The number of phenols is 3. The van der Waals surface area contributed by atoms with Crippen LogP contribution < -0.4 is 0 Å². The van der Waals surface area contributed by atoms with Crippen LogP contribution >= 0.6 is 0 Å². The summed E-state index contributed by atoms with van der Waals surface area (Å²) in [4.78, 5) is 11.7. The first-order valence-electron chi connectivity index (χ1n) is 5.81. The number of ketones is 1. The van der Waals surface area contributed by atoms with Gasteiger partial charge in [-0.2, -0.15) is 0 Å². The van der Waals surface area contributed by atoms with Gasteiger partial charge in [0.05, 0.1) is 5.56 Å². The molecule has 0 spiro atoms. The van der Waals surface area contributed by atoms with E-state index in [1.165, 1.54) is 0 Å². The lowest BCUT2D eigenvalue weighted by atomic mass is 9.92. The number of benzene rings is 1. The molecule has 1 aromatic carbocycles. The Balaban J connectivity index is 3.55. The molecule has 3 N–H and O–H groups in total. The normalized spacial score (nSPS) is 10.7. The molecule has 0 aliphatic heterocycles. The molecule has 0 radical (unpaired) electrons. The summed E-state index contributed by atoms with van der Waals surface area (Å²) in [5.74, 6) is -1.50. The summed E-state index contributed by atoms with van der Waals surface area (Å²) in [5, 5.41) is 29.5. The Kier molecular flexibility index (Phi) is 4.01. The highest BCUT2D eigenvalue weighted by atomic mass is 16.3. The molecule has 0 bridgehead atoms. The highest BCUT2D eigenvalue weighted by Crippen LogP contribution is 2.43. The van der Waals surface area contributed by atoms with Crippen LogP contribution in [0.5, 0.6) is 17.2 Å². The fourth-order valence-electron chi connectivity index (χ4n) is 1.70. The molecule has 0 fully saturated rings. The molecule has 0 saturated heterocycles. The molecule has 18 heavy (non-hydrogen) atoms. The summed E-state index contributed by atoms with van der Waals surface area (Å²) in [7, 11) is 0. The molecule has 1 rings (SSSR count). The van der Waals surface area contributed by atoms with Crippen molar-refractivity contribution in [1.29, 1.82) is 0 Å². The van der Waals surface area contributed by atoms with Crippen molar-refractivity contribution in [3.8, 4) is 17.2 Å². The van der Waals surface area contributed by atoms with Gasteiger partial charge in [0.25, 0.3) is 0 Å². The van der Waals surface area contributed by atoms with E-state index in [1.807, 2.05) is 13.8 Å². The Morgan fingerprint density at radius 1 is 1.22 bits per heavy atom. The van der Waals surface area contributed by atoms with Gasteiger partial charge in [0.1, 0.15) is 22.8 Å².